The van der Waals surface area contributed by atoms with Gasteiger partial charge in [0, 0.05) is 12.6 Å². The molecular weight excluding hydrogens is 190 g/mol. The van der Waals surface area contributed by atoms with E-state index in [2.05, 4.69) is 15.6 Å². The van der Waals surface area contributed by atoms with E-state index >= 15 is 0 Å². The standard InChI is InChI=1S/C11H19N3O/c15-11(10-12-7-8-13-10)14-9-5-3-1-2-4-6-9/h9H,1-8H2,(H,12,13)(H,14,15). The minimum Gasteiger partial charge on any atom is -0.364 e. The van der Waals surface area contributed by atoms with Gasteiger partial charge in [-0.25, -0.2) is 0 Å². The molecule has 0 atom stereocenters. The van der Waals surface area contributed by atoms with Crippen LogP contribution in [-0.2, 0) is 4.79 Å². The van der Waals surface area contributed by atoms with Crippen molar-refractivity contribution >= 4 is 11.7 Å². The number of nitrogens with zero attached hydrogens (tertiary/aromatic N) is 1. The minimum absolute atomic E-state index is 0.0144. The Morgan fingerprint density at radius 1 is 1.27 bits per heavy atom. The van der Waals surface area contributed by atoms with E-state index in [-0.39, 0.29) is 5.91 Å². The molecule has 0 aromatic heterocycles. The van der Waals surface area contributed by atoms with Crippen LogP contribution in [0.4, 0.5) is 0 Å². The number of hydrogen-bond acceptors (Lipinski definition) is 3. The predicted octanol–water partition coefficient (Wildman–Crippen LogP) is 0.827. The summed E-state index contributed by atoms with van der Waals surface area (Å²) in [4.78, 5) is 15.8. The van der Waals surface area contributed by atoms with Gasteiger partial charge >= 0.3 is 0 Å². The van der Waals surface area contributed by atoms with Crippen molar-refractivity contribution in [2.45, 2.75) is 44.6 Å². The quantitative estimate of drug-likeness (QED) is 0.662. The number of nitrogens with one attached hydrogen (secondary N) is 2. The second-order valence-electron chi connectivity index (χ2n) is 4.32. The Morgan fingerprint density at radius 2 is 2.00 bits per heavy atom. The van der Waals surface area contributed by atoms with Gasteiger partial charge in [0.2, 0.25) is 0 Å². The molecule has 0 bridgehead atoms. The summed E-state index contributed by atoms with van der Waals surface area (Å²) in [6.07, 6.45) is 7.35. The molecule has 0 aromatic carbocycles. The Kier molecular flexibility index (Phi) is 3.59. The maximum atomic E-state index is 11.7. The molecule has 1 heterocycles. The van der Waals surface area contributed by atoms with Crippen molar-refractivity contribution in [2.24, 2.45) is 4.99 Å². The highest BCUT2D eigenvalue weighted by Gasteiger charge is 2.19. The zero-order chi connectivity index (χ0) is 10.5. The van der Waals surface area contributed by atoms with Gasteiger partial charge in [0.25, 0.3) is 5.91 Å². The van der Waals surface area contributed by atoms with Crippen molar-refractivity contribution in [1.82, 2.24) is 10.6 Å². The molecule has 4 nitrogen and oxygen atoms in total. The third-order valence-electron chi connectivity index (χ3n) is 3.08. The van der Waals surface area contributed by atoms with Crippen molar-refractivity contribution in [1.29, 1.82) is 0 Å². The Hall–Kier alpha value is -1.06. The van der Waals surface area contributed by atoms with E-state index in [1.54, 1.807) is 0 Å². The molecule has 2 N–H and O–H groups in total. The SMILES string of the molecule is O=C(NC1CCCCCC1)C1=NCCN1. The van der Waals surface area contributed by atoms with Crippen LogP contribution >= 0.6 is 0 Å². The smallest absolute Gasteiger partial charge is 0.286 e. The van der Waals surface area contributed by atoms with Gasteiger partial charge < -0.3 is 10.6 Å². The molecule has 0 aromatic rings. The van der Waals surface area contributed by atoms with Gasteiger partial charge in [-0.05, 0) is 12.8 Å². The third-order valence-corrected chi connectivity index (χ3v) is 3.08. The maximum absolute atomic E-state index is 11.7. The van der Waals surface area contributed by atoms with Gasteiger partial charge in [-0.3, -0.25) is 9.79 Å². The lowest BCUT2D eigenvalue weighted by molar-refractivity contribution is -0.115. The number of carbonyl (C=O) groups is 1. The van der Waals surface area contributed by atoms with Gasteiger partial charge in [0.1, 0.15) is 0 Å². The van der Waals surface area contributed by atoms with Crippen LogP contribution in [0.25, 0.3) is 0 Å². The molecule has 1 amide bonds. The fraction of sp³-hybridized carbons (Fsp3) is 0.818. The zero-order valence-electron chi connectivity index (χ0n) is 9.09. The van der Waals surface area contributed by atoms with Crippen molar-refractivity contribution in [3.8, 4) is 0 Å². The number of amides is 1. The predicted molar refractivity (Wildman–Crippen MR) is 59.9 cm³/mol. The third kappa shape index (κ3) is 2.94. The Bertz CT molecular complexity index is 255. The molecule has 0 unspecified atom stereocenters. The molecule has 84 valence electrons. The molecule has 4 heteroatoms. The lowest BCUT2D eigenvalue weighted by atomic mass is 10.1. The molecule has 1 aliphatic carbocycles. The average molecular weight is 209 g/mol. The first-order valence-electron chi connectivity index (χ1n) is 5.95. The van der Waals surface area contributed by atoms with Crippen LogP contribution in [0.3, 0.4) is 0 Å². The van der Waals surface area contributed by atoms with E-state index in [4.69, 9.17) is 0 Å². The summed E-state index contributed by atoms with van der Waals surface area (Å²) in [5.74, 6) is 0.513. The lowest BCUT2D eigenvalue weighted by Crippen LogP contribution is -2.43. The van der Waals surface area contributed by atoms with Crippen LogP contribution in [-0.4, -0.2) is 30.9 Å². The lowest BCUT2D eigenvalue weighted by Gasteiger charge is -2.15. The fourth-order valence-corrected chi connectivity index (χ4v) is 2.23. The van der Waals surface area contributed by atoms with Crippen LogP contribution in [0.1, 0.15) is 38.5 Å². The van der Waals surface area contributed by atoms with Crippen LogP contribution in [0.2, 0.25) is 0 Å². The molecule has 2 aliphatic rings. The second-order valence-corrected chi connectivity index (χ2v) is 4.32. The van der Waals surface area contributed by atoms with Crippen molar-refractivity contribution in [3.05, 3.63) is 0 Å². The highest BCUT2D eigenvalue weighted by molar-refractivity contribution is 6.38. The van der Waals surface area contributed by atoms with E-state index in [9.17, 15) is 4.79 Å². The Balaban J connectivity index is 1.81. The topological polar surface area (TPSA) is 53.5 Å². The number of amidine groups is 1. The van der Waals surface area contributed by atoms with Gasteiger partial charge in [0.05, 0.1) is 6.54 Å². The van der Waals surface area contributed by atoms with Gasteiger partial charge in [-0.15, -0.1) is 0 Å². The van der Waals surface area contributed by atoms with Crippen molar-refractivity contribution in [2.75, 3.05) is 13.1 Å². The van der Waals surface area contributed by atoms with E-state index in [1.165, 1.54) is 25.7 Å². The Morgan fingerprint density at radius 3 is 2.60 bits per heavy atom. The van der Waals surface area contributed by atoms with Crippen LogP contribution in [0, 0.1) is 0 Å². The van der Waals surface area contributed by atoms with Crippen LogP contribution in [0.15, 0.2) is 4.99 Å². The summed E-state index contributed by atoms with van der Waals surface area (Å²) < 4.78 is 0. The summed E-state index contributed by atoms with van der Waals surface area (Å²) in [6, 6.07) is 0.366. The molecule has 2 rings (SSSR count). The van der Waals surface area contributed by atoms with Crippen molar-refractivity contribution in [3.63, 3.8) is 0 Å². The highest BCUT2D eigenvalue weighted by atomic mass is 16.2. The summed E-state index contributed by atoms with van der Waals surface area (Å²) in [5.41, 5.74) is 0. The van der Waals surface area contributed by atoms with E-state index in [1.807, 2.05) is 0 Å². The van der Waals surface area contributed by atoms with E-state index < -0.39 is 0 Å². The highest BCUT2D eigenvalue weighted by Crippen LogP contribution is 2.17. The normalized spacial score (nSPS) is 22.8. The number of carbonyl (C=O) groups excluding carboxylic acids is 1. The number of aliphatic imine (C=N–C) groups is 1. The summed E-state index contributed by atoms with van der Waals surface area (Å²) in [7, 11) is 0. The molecule has 1 saturated carbocycles. The molecule has 1 fully saturated rings. The summed E-state index contributed by atoms with van der Waals surface area (Å²) in [6.45, 7) is 1.53. The average Bonchev–Trinajstić information content (AvgIpc) is 2.65. The second kappa shape index (κ2) is 5.14. The first-order chi connectivity index (χ1) is 7.36. The van der Waals surface area contributed by atoms with Crippen molar-refractivity contribution < 1.29 is 4.79 Å². The number of rotatable bonds is 2. The number of hydrogen-bond donors (Lipinski definition) is 2. The fourth-order valence-electron chi connectivity index (χ4n) is 2.23. The molecular formula is C11H19N3O. The molecule has 0 spiro atoms. The first-order valence-corrected chi connectivity index (χ1v) is 5.95. The Labute approximate surface area is 90.5 Å². The monoisotopic (exact) mass is 209 g/mol. The summed E-state index contributed by atoms with van der Waals surface area (Å²) >= 11 is 0. The van der Waals surface area contributed by atoms with E-state index in [0.29, 0.717) is 11.9 Å². The van der Waals surface area contributed by atoms with Crippen LogP contribution in [0.5, 0.6) is 0 Å². The summed E-state index contributed by atoms with van der Waals surface area (Å²) in [5, 5.41) is 6.07. The molecule has 1 aliphatic heterocycles. The first kappa shape index (κ1) is 10.5. The van der Waals surface area contributed by atoms with Gasteiger partial charge in [0.15, 0.2) is 5.84 Å². The largest absolute Gasteiger partial charge is 0.364 e. The molecule has 0 saturated heterocycles. The van der Waals surface area contributed by atoms with Crippen LogP contribution < -0.4 is 10.6 Å². The molecule has 0 radical (unpaired) electrons. The van der Waals surface area contributed by atoms with Gasteiger partial charge in [-0.1, -0.05) is 25.7 Å². The van der Waals surface area contributed by atoms with E-state index in [0.717, 1.165) is 25.9 Å². The maximum Gasteiger partial charge on any atom is 0.286 e. The minimum atomic E-state index is -0.0144. The van der Waals surface area contributed by atoms with Gasteiger partial charge in [-0.2, -0.15) is 0 Å². The zero-order valence-corrected chi connectivity index (χ0v) is 9.09. The molecule has 15 heavy (non-hydrogen) atoms.